The lowest BCUT2D eigenvalue weighted by atomic mass is 10.2. The number of hydrogen-bond acceptors (Lipinski definition) is 5. The quantitative estimate of drug-likeness (QED) is 0.887. The monoisotopic (exact) mass is 322 g/mol. The number of nitrogens with one attached hydrogen (secondary N) is 1. The number of thiazole rings is 1. The molecule has 0 saturated heterocycles. The highest BCUT2D eigenvalue weighted by molar-refractivity contribution is 7.10. The maximum Gasteiger partial charge on any atom is 0.355 e. The summed E-state index contributed by atoms with van der Waals surface area (Å²) in [5.74, 6) is -0.628. The summed E-state index contributed by atoms with van der Waals surface area (Å²) in [6.45, 7) is 2.37. The van der Waals surface area contributed by atoms with Crippen LogP contribution in [0.4, 0.5) is 0 Å². The van der Waals surface area contributed by atoms with Crippen molar-refractivity contribution in [1.82, 2.24) is 10.3 Å². The van der Waals surface area contributed by atoms with E-state index < -0.39 is 5.97 Å². The molecule has 5 nitrogen and oxygen atoms in total. The highest BCUT2D eigenvalue weighted by Gasteiger charge is 2.45. The first-order valence-electron chi connectivity index (χ1n) is 6.55. The second-order valence-corrected chi connectivity index (χ2v) is 6.96. The highest BCUT2D eigenvalue weighted by Crippen LogP contribution is 2.50. The molecule has 3 rings (SSSR count). The zero-order chi connectivity index (χ0) is 15.0. The van der Waals surface area contributed by atoms with Crippen LogP contribution in [0.25, 0.3) is 0 Å². The van der Waals surface area contributed by atoms with Crippen LogP contribution in [0.15, 0.2) is 16.8 Å². The third-order valence-electron chi connectivity index (χ3n) is 3.55. The van der Waals surface area contributed by atoms with Crippen LogP contribution in [-0.2, 0) is 11.3 Å². The predicted octanol–water partition coefficient (Wildman–Crippen LogP) is 2.63. The van der Waals surface area contributed by atoms with E-state index >= 15 is 0 Å². The van der Waals surface area contributed by atoms with E-state index in [0.717, 1.165) is 6.42 Å². The summed E-state index contributed by atoms with van der Waals surface area (Å²) >= 11 is 2.96. The average molecular weight is 322 g/mol. The van der Waals surface area contributed by atoms with Crippen molar-refractivity contribution in [3.8, 4) is 0 Å². The van der Waals surface area contributed by atoms with Crippen LogP contribution < -0.4 is 5.32 Å². The van der Waals surface area contributed by atoms with Crippen LogP contribution in [0.3, 0.4) is 0 Å². The summed E-state index contributed by atoms with van der Waals surface area (Å²) in [5.41, 5.74) is 1.29. The fourth-order valence-corrected chi connectivity index (χ4v) is 4.14. The average Bonchev–Trinajstić information content (AvgIpc) is 2.89. The molecule has 21 heavy (non-hydrogen) atoms. The maximum absolute atomic E-state index is 12.1. The molecular formula is C14H14N2O3S2. The Morgan fingerprint density at radius 2 is 2.29 bits per heavy atom. The first-order valence-corrected chi connectivity index (χ1v) is 8.31. The molecule has 0 aromatic carbocycles. The van der Waals surface area contributed by atoms with Gasteiger partial charge in [0, 0.05) is 22.1 Å². The summed E-state index contributed by atoms with van der Waals surface area (Å²) in [4.78, 5) is 28.1. The maximum atomic E-state index is 12.1. The van der Waals surface area contributed by atoms with Gasteiger partial charge >= 0.3 is 5.97 Å². The Labute approximate surface area is 129 Å². The normalized spacial score (nSPS) is 20.2. The van der Waals surface area contributed by atoms with Crippen molar-refractivity contribution in [2.75, 3.05) is 0 Å². The summed E-state index contributed by atoms with van der Waals surface area (Å²) in [5, 5.41) is 15.8. The topological polar surface area (TPSA) is 79.3 Å². The fourth-order valence-electron chi connectivity index (χ4n) is 2.32. The van der Waals surface area contributed by atoms with E-state index in [-0.39, 0.29) is 17.5 Å². The molecule has 2 aromatic rings. The molecule has 7 heteroatoms. The molecule has 110 valence electrons. The molecule has 1 fully saturated rings. The van der Waals surface area contributed by atoms with Crippen molar-refractivity contribution in [3.63, 3.8) is 0 Å². The number of aromatic nitrogens is 1. The van der Waals surface area contributed by atoms with E-state index in [1.165, 1.54) is 27.2 Å². The SMILES string of the molecule is Cc1ccsc1[C@@H]1C[C@@H]1C(=O)NCc1nc(C(=O)O)cs1. The number of carbonyl (C=O) groups excluding carboxylic acids is 1. The van der Waals surface area contributed by atoms with Crippen LogP contribution in [0, 0.1) is 12.8 Å². The van der Waals surface area contributed by atoms with Gasteiger partial charge in [0.25, 0.3) is 0 Å². The molecule has 1 aliphatic rings. The molecule has 2 heterocycles. The second-order valence-electron chi connectivity index (χ2n) is 5.07. The van der Waals surface area contributed by atoms with Gasteiger partial charge in [-0.2, -0.15) is 0 Å². The van der Waals surface area contributed by atoms with E-state index in [0.29, 0.717) is 17.5 Å². The Balaban J connectivity index is 1.53. The zero-order valence-electron chi connectivity index (χ0n) is 11.3. The van der Waals surface area contributed by atoms with E-state index in [2.05, 4.69) is 28.7 Å². The molecule has 2 N–H and O–H groups in total. The predicted molar refractivity (Wildman–Crippen MR) is 80.8 cm³/mol. The van der Waals surface area contributed by atoms with Crippen LogP contribution >= 0.6 is 22.7 Å². The van der Waals surface area contributed by atoms with Crippen LogP contribution in [0.2, 0.25) is 0 Å². The van der Waals surface area contributed by atoms with Gasteiger partial charge in [-0.05, 0) is 30.4 Å². The molecule has 0 spiro atoms. The minimum absolute atomic E-state index is 0.0277. The standard InChI is InChI=1S/C14H14N2O3S2/c1-7-2-3-20-12(7)8-4-9(8)13(17)15-5-11-16-10(6-21-11)14(18)19/h2-3,6,8-9H,4-5H2,1H3,(H,15,17)(H,18,19)/t8-,9+/m1/s1. The van der Waals surface area contributed by atoms with Crippen molar-refractivity contribution in [3.05, 3.63) is 38.0 Å². The lowest BCUT2D eigenvalue weighted by Gasteiger charge is -2.02. The van der Waals surface area contributed by atoms with Crippen LogP contribution in [0.5, 0.6) is 0 Å². The first kappa shape index (κ1) is 14.2. The number of hydrogen-bond donors (Lipinski definition) is 2. The van der Waals surface area contributed by atoms with E-state index in [4.69, 9.17) is 5.11 Å². The molecule has 2 atom stereocenters. The smallest absolute Gasteiger partial charge is 0.355 e. The first-order chi connectivity index (χ1) is 10.1. The summed E-state index contributed by atoms with van der Waals surface area (Å²) in [6.07, 6.45) is 0.894. The molecule has 1 aliphatic carbocycles. The Morgan fingerprint density at radius 3 is 2.90 bits per heavy atom. The molecular weight excluding hydrogens is 308 g/mol. The largest absolute Gasteiger partial charge is 0.476 e. The summed E-state index contributed by atoms with van der Waals surface area (Å²) < 4.78 is 0. The number of amides is 1. The van der Waals surface area contributed by atoms with Gasteiger partial charge in [0.15, 0.2) is 5.69 Å². The number of nitrogens with zero attached hydrogens (tertiary/aromatic N) is 1. The number of carbonyl (C=O) groups is 2. The minimum atomic E-state index is -1.04. The van der Waals surface area contributed by atoms with Gasteiger partial charge in [-0.25, -0.2) is 9.78 Å². The van der Waals surface area contributed by atoms with Gasteiger partial charge in [-0.15, -0.1) is 22.7 Å². The highest BCUT2D eigenvalue weighted by atomic mass is 32.1. The van der Waals surface area contributed by atoms with Crippen molar-refractivity contribution < 1.29 is 14.7 Å². The van der Waals surface area contributed by atoms with Crippen molar-refractivity contribution >= 4 is 34.6 Å². The molecule has 1 saturated carbocycles. The fraction of sp³-hybridized carbons (Fsp3) is 0.357. The summed E-state index contributed by atoms with van der Waals surface area (Å²) in [7, 11) is 0. The second kappa shape index (κ2) is 5.57. The molecule has 0 unspecified atom stereocenters. The van der Waals surface area contributed by atoms with Gasteiger partial charge in [0.05, 0.1) is 6.54 Å². The van der Waals surface area contributed by atoms with Crippen LogP contribution in [-0.4, -0.2) is 22.0 Å². The Hall–Kier alpha value is -1.73. The molecule has 0 bridgehead atoms. The Kier molecular flexibility index (Phi) is 3.77. The van der Waals surface area contributed by atoms with Gasteiger partial charge in [-0.3, -0.25) is 4.79 Å². The zero-order valence-corrected chi connectivity index (χ0v) is 13.0. The Bertz CT molecular complexity index is 692. The van der Waals surface area contributed by atoms with Gasteiger partial charge in [0.1, 0.15) is 5.01 Å². The van der Waals surface area contributed by atoms with Gasteiger partial charge in [-0.1, -0.05) is 0 Å². The number of carboxylic acid groups (broad SMARTS) is 1. The molecule has 0 aliphatic heterocycles. The number of carboxylic acids is 1. The van der Waals surface area contributed by atoms with E-state index in [1.807, 2.05) is 0 Å². The lowest BCUT2D eigenvalue weighted by molar-refractivity contribution is -0.122. The van der Waals surface area contributed by atoms with Crippen LogP contribution in [0.1, 0.15) is 38.3 Å². The van der Waals surface area contributed by atoms with Crippen molar-refractivity contribution in [1.29, 1.82) is 0 Å². The van der Waals surface area contributed by atoms with E-state index in [1.54, 1.807) is 11.3 Å². The number of aryl methyl sites for hydroxylation is 1. The van der Waals surface area contributed by atoms with Crippen molar-refractivity contribution in [2.24, 2.45) is 5.92 Å². The number of aromatic carboxylic acids is 1. The molecule has 2 aromatic heterocycles. The lowest BCUT2D eigenvalue weighted by Crippen LogP contribution is -2.24. The van der Waals surface area contributed by atoms with Crippen molar-refractivity contribution in [2.45, 2.75) is 25.8 Å². The third kappa shape index (κ3) is 2.98. The Morgan fingerprint density at radius 1 is 1.48 bits per heavy atom. The third-order valence-corrected chi connectivity index (χ3v) is 5.55. The van der Waals surface area contributed by atoms with Gasteiger partial charge in [0.2, 0.25) is 5.91 Å². The summed E-state index contributed by atoms with van der Waals surface area (Å²) in [6, 6.07) is 2.08. The number of rotatable bonds is 5. The van der Waals surface area contributed by atoms with E-state index in [9.17, 15) is 9.59 Å². The minimum Gasteiger partial charge on any atom is -0.476 e. The molecule has 0 radical (unpaired) electrons. The molecule has 1 amide bonds. The van der Waals surface area contributed by atoms with Gasteiger partial charge < -0.3 is 10.4 Å². The number of thiophene rings is 1.